The average Bonchev–Trinajstić information content (AvgIpc) is 3.12. The molecule has 2 aromatic rings. The first-order valence-corrected chi connectivity index (χ1v) is 8.96. The van der Waals surface area contributed by atoms with Crippen molar-refractivity contribution in [3.63, 3.8) is 0 Å². The summed E-state index contributed by atoms with van der Waals surface area (Å²) in [6.07, 6.45) is 4.09. The molecule has 0 N–H and O–H groups in total. The lowest BCUT2D eigenvalue weighted by molar-refractivity contribution is -0.131. The zero-order valence-corrected chi connectivity index (χ0v) is 15.7. The van der Waals surface area contributed by atoms with Crippen LogP contribution >= 0.6 is 0 Å². The van der Waals surface area contributed by atoms with Crippen molar-refractivity contribution in [3.05, 3.63) is 53.6 Å². The molecule has 1 aromatic carbocycles. The van der Waals surface area contributed by atoms with Gasteiger partial charge in [0.2, 0.25) is 5.91 Å². The van der Waals surface area contributed by atoms with Gasteiger partial charge in [-0.15, -0.1) is 0 Å². The second-order valence-corrected chi connectivity index (χ2v) is 6.91. The van der Waals surface area contributed by atoms with Crippen molar-refractivity contribution >= 4 is 5.91 Å². The third kappa shape index (κ3) is 4.38. The molecule has 0 unspecified atom stereocenters. The zero-order chi connectivity index (χ0) is 18.5. The number of likely N-dealkylation sites (tertiary alicyclic amines) is 1. The average molecular weight is 354 g/mol. The highest BCUT2D eigenvalue weighted by Crippen LogP contribution is 2.30. The van der Waals surface area contributed by atoms with Crippen LogP contribution in [0.25, 0.3) is 0 Å². The molecule has 1 fully saturated rings. The molecule has 0 spiro atoms. The SMILES string of the molecule is COc1ccc(CC(=O)N2CCC[C@H]2c2nccc(CN(C)C)n2)cc1. The Morgan fingerprint density at radius 1 is 1.27 bits per heavy atom. The van der Waals surface area contributed by atoms with Crippen molar-refractivity contribution in [1.29, 1.82) is 0 Å². The summed E-state index contributed by atoms with van der Waals surface area (Å²) in [6.45, 7) is 1.53. The molecule has 1 atom stereocenters. The van der Waals surface area contributed by atoms with E-state index in [-0.39, 0.29) is 11.9 Å². The standard InChI is InChI=1S/C20H26N4O2/c1-23(2)14-16-10-11-21-20(22-16)18-5-4-12-24(18)19(25)13-15-6-8-17(26-3)9-7-15/h6-11,18H,4-5,12-14H2,1-3H3/t18-/m0/s1. The minimum Gasteiger partial charge on any atom is -0.497 e. The number of nitrogens with zero attached hydrogens (tertiary/aromatic N) is 4. The van der Waals surface area contributed by atoms with Crippen LogP contribution in [0.3, 0.4) is 0 Å². The van der Waals surface area contributed by atoms with Crippen LogP contribution in [0.2, 0.25) is 0 Å². The first kappa shape index (κ1) is 18.3. The lowest BCUT2D eigenvalue weighted by Crippen LogP contribution is -2.32. The molecule has 0 bridgehead atoms. The number of rotatable bonds is 6. The molecular formula is C20H26N4O2. The summed E-state index contributed by atoms with van der Waals surface area (Å²) < 4.78 is 5.17. The molecule has 0 radical (unpaired) electrons. The number of benzene rings is 1. The van der Waals surface area contributed by atoms with Crippen molar-refractivity contribution in [2.75, 3.05) is 27.7 Å². The van der Waals surface area contributed by atoms with Crippen molar-refractivity contribution in [1.82, 2.24) is 19.8 Å². The van der Waals surface area contributed by atoms with Crippen molar-refractivity contribution in [2.45, 2.75) is 31.8 Å². The molecule has 26 heavy (non-hydrogen) atoms. The predicted octanol–water partition coefficient (Wildman–Crippen LogP) is 2.45. The summed E-state index contributed by atoms with van der Waals surface area (Å²) in [6, 6.07) is 9.56. The Balaban J connectivity index is 1.71. The van der Waals surface area contributed by atoms with Gasteiger partial charge >= 0.3 is 0 Å². The number of carbonyl (C=O) groups is 1. The van der Waals surface area contributed by atoms with E-state index in [1.165, 1.54) is 0 Å². The van der Waals surface area contributed by atoms with Gasteiger partial charge in [0.25, 0.3) is 0 Å². The Bertz CT molecular complexity index is 746. The van der Waals surface area contributed by atoms with Crippen LogP contribution in [-0.2, 0) is 17.8 Å². The topological polar surface area (TPSA) is 58.6 Å². The van der Waals surface area contributed by atoms with Crippen LogP contribution in [0.15, 0.2) is 36.5 Å². The minimum atomic E-state index is -0.0251. The second kappa shape index (κ2) is 8.27. The van der Waals surface area contributed by atoms with Gasteiger partial charge in [0, 0.05) is 19.3 Å². The highest BCUT2D eigenvalue weighted by molar-refractivity contribution is 5.79. The minimum absolute atomic E-state index is 0.0251. The van der Waals surface area contributed by atoms with Crippen LogP contribution in [0, 0.1) is 0 Å². The third-order valence-electron chi connectivity index (χ3n) is 4.60. The van der Waals surface area contributed by atoms with E-state index in [0.29, 0.717) is 6.42 Å². The molecule has 6 heteroatoms. The Labute approximate surface area is 154 Å². The van der Waals surface area contributed by atoms with Crippen LogP contribution in [-0.4, -0.2) is 53.4 Å². The summed E-state index contributed by atoms with van der Waals surface area (Å²) in [5, 5.41) is 0. The maximum absolute atomic E-state index is 12.8. The second-order valence-electron chi connectivity index (χ2n) is 6.91. The summed E-state index contributed by atoms with van der Waals surface area (Å²) in [5.41, 5.74) is 1.97. The van der Waals surface area contributed by atoms with Gasteiger partial charge in [0.1, 0.15) is 5.75 Å². The number of aromatic nitrogens is 2. The van der Waals surface area contributed by atoms with Gasteiger partial charge < -0.3 is 14.5 Å². The van der Waals surface area contributed by atoms with Gasteiger partial charge in [-0.2, -0.15) is 0 Å². The lowest BCUT2D eigenvalue weighted by Gasteiger charge is -2.24. The van der Waals surface area contributed by atoms with Crippen LogP contribution in [0.5, 0.6) is 5.75 Å². The highest BCUT2D eigenvalue weighted by atomic mass is 16.5. The monoisotopic (exact) mass is 354 g/mol. The van der Waals surface area contributed by atoms with Gasteiger partial charge in [-0.05, 0) is 50.7 Å². The van der Waals surface area contributed by atoms with Gasteiger partial charge in [-0.1, -0.05) is 12.1 Å². The van der Waals surface area contributed by atoms with E-state index < -0.39 is 0 Å². The van der Waals surface area contributed by atoms with Gasteiger partial charge in [0.15, 0.2) is 5.82 Å². The molecule has 2 heterocycles. The Hall–Kier alpha value is -2.47. The molecule has 1 saturated heterocycles. The summed E-state index contributed by atoms with van der Waals surface area (Å²) in [4.78, 5) is 26.0. The fourth-order valence-electron chi connectivity index (χ4n) is 3.34. The highest BCUT2D eigenvalue weighted by Gasteiger charge is 2.31. The van der Waals surface area contributed by atoms with Crippen LogP contribution in [0.1, 0.15) is 36.0 Å². The molecule has 1 aliphatic heterocycles. The summed E-state index contributed by atoms with van der Waals surface area (Å²) in [5.74, 6) is 1.68. The molecular weight excluding hydrogens is 328 g/mol. The molecule has 3 rings (SSSR count). The maximum Gasteiger partial charge on any atom is 0.227 e. The van der Waals surface area contributed by atoms with Gasteiger partial charge in [0.05, 0.1) is 25.3 Å². The summed E-state index contributed by atoms with van der Waals surface area (Å²) >= 11 is 0. The number of methoxy groups -OCH3 is 1. The molecule has 0 aliphatic carbocycles. The lowest BCUT2D eigenvalue weighted by atomic mass is 10.1. The smallest absolute Gasteiger partial charge is 0.227 e. The van der Waals surface area contributed by atoms with Gasteiger partial charge in [-0.25, -0.2) is 9.97 Å². The molecule has 6 nitrogen and oxygen atoms in total. The summed E-state index contributed by atoms with van der Waals surface area (Å²) in [7, 11) is 5.67. The van der Waals surface area contributed by atoms with E-state index in [2.05, 4.69) is 9.88 Å². The van der Waals surface area contributed by atoms with E-state index >= 15 is 0 Å². The first-order valence-electron chi connectivity index (χ1n) is 8.96. The first-order chi connectivity index (χ1) is 12.6. The van der Waals surface area contributed by atoms with Crippen molar-refractivity contribution < 1.29 is 9.53 Å². The fraction of sp³-hybridized carbons (Fsp3) is 0.450. The van der Waals surface area contributed by atoms with E-state index in [1.807, 2.05) is 49.3 Å². The zero-order valence-electron chi connectivity index (χ0n) is 15.7. The van der Waals surface area contributed by atoms with E-state index in [9.17, 15) is 4.79 Å². The number of ether oxygens (including phenoxy) is 1. The van der Waals surface area contributed by atoms with Crippen LogP contribution in [0.4, 0.5) is 0 Å². The molecule has 1 aromatic heterocycles. The molecule has 1 amide bonds. The normalized spacial score (nSPS) is 16.9. The largest absolute Gasteiger partial charge is 0.497 e. The molecule has 1 aliphatic rings. The molecule has 0 saturated carbocycles. The Morgan fingerprint density at radius 3 is 2.73 bits per heavy atom. The van der Waals surface area contributed by atoms with E-state index in [0.717, 1.165) is 48.8 Å². The van der Waals surface area contributed by atoms with Crippen LogP contribution < -0.4 is 4.74 Å². The van der Waals surface area contributed by atoms with E-state index in [4.69, 9.17) is 9.72 Å². The van der Waals surface area contributed by atoms with Crippen molar-refractivity contribution in [2.24, 2.45) is 0 Å². The van der Waals surface area contributed by atoms with E-state index in [1.54, 1.807) is 13.3 Å². The maximum atomic E-state index is 12.8. The Morgan fingerprint density at radius 2 is 2.04 bits per heavy atom. The molecule has 138 valence electrons. The number of amides is 1. The fourth-order valence-corrected chi connectivity index (χ4v) is 3.34. The van der Waals surface area contributed by atoms with Crippen molar-refractivity contribution in [3.8, 4) is 5.75 Å². The quantitative estimate of drug-likeness (QED) is 0.797. The third-order valence-corrected chi connectivity index (χ3v) is 4.60. The van der Waals surface area contributed by atoms with Gasteiger partial charge in [-0.3, -0.25) is 4.79 Å². The number of hydrogen-bond acceptors (Lipinski definition) is 5. The number of hydrogen-bond donors (Lipinski definition) is 0. The number of carbonyl (C=O) groups excluding carboxylic acids is 1. The predicted molar refractivity (Wildman–Crippen MR) is 99.8 cm³/mol. The Kier molecular flexibility index (Phi) is 5.83.